The summed E-state index contributed by atoms with van der Waals surface area (Å²) in [5.74, 6) is -0.971. The van der Waals surface area contributed by atoms with E-state index in [-0.39, 0.29) is 23.1 Å². The Hall–Kier alpha value is -1.56. The number of carbonyl (C=O) groups is 2. The van der Waals surface area contributed by atoms with Crippen molar-refractivity contribution in [3.63, 3.8) is 0 Å². The predicted molar refractivity (Wildman–Crippen MR) is 60.1 cm³/mol. The van der Waals surface area contributed by atoms with E-state index in [2.05, 4.69) is 0 Å². The fourth-order valence-corrected chi connectivity index (χ4v) is 1.66. The molecule has 1 heterocycles. The number of carbonyl (C=O) groups excluding carboxylic acids is 1. The number of nitrogens with zero attached hydrogens (tertiary/aromatic N) is 1. The fourth-order valence-electron chi connectivity index (χ4n) is 0.993. The molecule has 1 aromatic heterocycles. The van der Waals surface area contributed by atoms with Crippen LogP contribution in [0.4, 0.5) is 0 Å². The lowest BCUT2D eigenvalue weighted by Crippen LogP contribution is -2.31. The Morgan fingerprint density at radius 1 is 1.56 bits per heavy atom. The third kappa shape index (κ3) is 2.96. The molecule has 0 aliphatic rings. The van der Waals surface area contributed by atoms with Crippen LogP contribution in [0, 0.1) is 0 Å². The van der Waals surface area contributed by atoms with E-state index in [1.165, 1.54) is 4.90 Å². The molecule has 0 spiro atoms. The van der Waals surface area contributed by atoms with Gasteiger partial charge in [-0.2, -0.15) is 0 Å². The summed E-state index contributed by atoms with van der Waals surface area (Å²) in [4.78, 5) is 23.8. The minimum atomic E-state index is -1.04. The van der Waals surface area contributed by atoms with E-state index in [0.29, 0.717) is 6.54 Å². The number of hydrogen-bond donors (Lipinski definition) is 1. The number of amides is 1. The fraction of sp³-hybridized carbons (Fsp3) is 0.400. The molecule has 0 bridgehead atoms. The van der Waals surface area contributed by atoms with Crippen LogP contribution in [0.5, 0.6) is 5.75 Å². The number of likely N-dealkylation sites (N-methyl/N-ethyl adjacent to an activating group) is 1. The van der Waals surface area contributed by atoms with Crippen LogP contribution in [-0.4, -0.2) is 42.1 Å². The Bertz CT molecular complexity index is 388. The summed E-state index contributed by atoms with van der Waals surface area (Å²) in [6.45, 7) is 2.31. The van der Waals surface area contributed by atoms with E-state index >= 15 is 0 Å². The number of carboxylic acids is 1. The quantitative estimate of drug-likeness (QED) is 0.846. The van der Waals surface area contributed by atoms with Gasteiger partial charge in [0, 0.05) is 13.6 Å². The summed E-state index contributed by atoms with van der Waals surface area (Å²) >= 11 is 1.07. The molecule has 0 aliphatic heterocycles. The highest BCUT2D eigenvalue weighted by Crippen LogP contribution is 2.24. The van der Waals surface area contributed by atoms with E-state index in [1.807, 2.05) is 6.92 Å². The summed E-state index contributed by atoms with van der Waals surface area (Å²) in [6, 6.07) is 1.55. The van der Waals surface area contributed by atoms with E-state index in [9.17, 15) is 9.59 Å². The minimum Gasteiger partial charge on any atom is -0.482 e. The van der Waals surface area contributed by atoms with Crippen LogP contribution in [0.2, 0.25) is 0 Å². The van der Waals surface area contributed by atoms with Gasteiger partial charge in [0.25, 0.3) is 5.91 Å². The van der Waals surface area contributed by atoms with Gasteiger partial charge >= 0.3 is 5.97 Å². The topological polar surface area (TPSA) is 66.8 Å². The van der Waals surface area contributed by atoms with Gasteiger partial charge in [-0.05, 0) is 18.4 Å². The van der Waals surface area contributed by atoms with Crippen molar-refractivity contribution < 1.29 is 19.4 Å². The number of ether oxygens (including phenoxy) is 1. The molecule has 1 N–H and O–H groups in total. The van der Waals surface area contributed by atoms with Crippen LogP contribution < -0.4 is 4.74 Å². The Morgan fingerprint density at radius 2 is 2.25 bits per heavy atom. The lowest BCUT2D eigenvalue weighted by Gasteiger charge is -2.14. The number of hydrogen-bond acceptors (Lipinski definition) is 4. The molecule has 1 rings (SSSR count). The molecular formula is C10H13NO4S. The summed E-state index contributed by atoms with van der Waals surface area (Å²) in [7, 11) is 1.66. The first-order valence-corrected chi connectivity index (χ1v) is 5.61. The second kappa shape index (κ2) is 5.50. The minimum absolute atomic E-state index is 0.118. The van der Waals surface area contributed by atoms with E-state index < -0.39 is 5.97 Å². The largest absolute Gasteiger partial charge is 0.482 e. The summed E-state index contributed by atoms with van der Waals surface area (Å²) < 4.78 is 5.16. The summed E-state index contributed by atoms with van der Waals surface area (Å²) in [5, 5.41) is 10.4. The lowest BCUT2D eigenvalue weighted by molar-refractivity contribution is -0.131. The summed E-state index contributed by atoms with van der Waals surface area (Å²) in [5.41, 5.74) is 0. The average molecular weight is 243 g/mol. The molecule has 88 valence electrons. The van der Waals surface area contributed by atoms with Crippen molar-refractivity contribution in [2.75, 3.05) is 20.2 Å². The lowest BCUT2D eigenvalue weighted by atomic mass is 10.4. The van der Waals surface area contributed by atoms with Crippen LogP contribution in [-0.2, 0) is 4.79 Å². The molecule has 1 aromatic rings. The highest BCUT2D eigenvalue weighted by molar-refractivity contribution is 7.12. The normalized spacial score (nSPS) is 9.88. The molecule has 0 aliphatic carbocycles. The van der Waals surface area contributed by atoms with Gasteiger partial charge in [-0.1, -0.05) is 0 Å². The van der Waals surface area contributed by atoms with Crippen molar-refractivity contribution in [3.05, 3.63) is 16.3 Å². The van der Waals surface area contributed by atoms with Crippen molar-refractivity contribution in [3.8, 4) is 5.75 Å². The molecule has 0 radical (unpaired) electrons. The van der Waals surface area contributed by atoms with Gasteiger partial charge < -0.3 is 14.7 Å². The number of thiophene rings is 1. The standard InChI is InChI=1S/C10H13NO4S/c1-3-11(2)8(12)6-15-7-4-5-16-9(7)10(13)14/h4-5H,3,6H2,1-2H3,(H,13,14). The van der Waals surface area contributed by atoms with Crippen molar-refractivity contribution in [2.45, 2.75) is 6.92 Å². The number of aromatic carboxylic acids is 1. The van der Waals surface area contributed by atoms with Crippen LogP contribution >= 0.6 is 11.3 Å². The van der Waals surface area contributed by atoms with Crippen LogP contribution in [0.1, 0.15) is 16.6 Å². The van der Waals surface area contributed by atoms with E-state index in [0.717, 1.165) is 11.3 Å². The molecule has 0 fully saturated rings. The molecule has 0 saturated heterocycles. The van der Waals surface area contributed by atoms with Crippen LogP contribution in [0.3, 0.4) is 0 Å². The van der Waals surface area contributed by atoms with Crippen molar-refractivity contribution >= 4 is 23.2 Å². The van der Waals surface area contributed by atoms with Crippen LogP contribution in [0.15, 0.2) is 11.4 Å². The molecule has 0 unspecified atom stereocenters. The smallest absolute Gasteiger partial charge is 0.349 e. The first-order valence-electron chi connectivity index (χ1n) is 4.73. The first-order chi connectivity index (χ1) is 7.56. The maximum atomic E-state index is 11.4. The molecular weight excluding hydrogens is 230 g/mol. The molecule has 0 saturated carbocycles. The molecule has 16 heavy (non-hydrogen) atoms. The summed E-state index contributed by atoms with van der Waals surface area (Å²) in [6.07, 6.45) is 0. The molecule has 6 heteroatoms. The second-order valence-corrected chi connectivity index (χ2v) is 4.03. The SMILES string of the molecule is CCN(C)C(=O)COc1ccsc1C(=O)O. The Morgan fingerprint density at radius 3 is 2.81 bits per heavy atom. The van der Waals surface area contributed by atoms with Gasteiger partial charge in [0.1, 0.15) is 5.75 Å². The Kier molecular flexibility index (Phi) is 4.30. The number of rotatable bonds is 5. The first kappa shape index (κ1) is 12.5. The van der Waals surface area contributed by atoms with Crippen LogP contribution in [0.25, 0.3) is 0 Å². The highest BCUT2D eigenvalue weighted by atomic mass is 32.1. The van der Waals surface area contributed by atoms with E-state index in [1.54, 1.807) is 18.5 Å². The third-order valence-electron chi connectivity index (χ3n) is 2.07. The molecule has 0 atom stereocenters. The zero-order valence-corrected chi connectivity index (χ0v) is 9.91. The van der Waals surface area contributed by atoms with Gasteiger partial charge in [-0.15, -0.1) is 11.3 Å². The van der Waals surface area contributed by atoms with E-state index in [4.69, 9.17) is 9.84 Å². The zero-order valence-electron chi connectivity index (χ0n) is 9.10. The molecule has 1 amide bonds. The van der Waals surface area contributed by atoms with Crippen molar-refractivity contribution in [1.82, 2.24) is 4.90 Å². The monoisotopic (exact) mass is 243 g/mol. The highest BCUT2D eigenvalue weighted by Gasteiger charge is 2.15. The van der Waals surface area contributed by atoms with Gasteiger partial charge in [-0.3, -0.25) is 4.79 Å². The zero-order chi connectivity index (χ0) is 12.1. The maximum Gasteiger partial charge on any atom is 0.349 e. The van der Waals surface area contributed by atoms with Gasteiger partial charge in [-0.25, -0.2) is 4.79 Å². The Labute approximate surface area is 97.3 Å². The van der Waals surface area contributed by atoms with Crippen molar-refractivity contribution in [2.24, 2.45) is 0 Å². The van der Waals surface area contributed by atoms with Crippen molar-refractivity contribution in [1.29, 1.82) is 0 Å². The molecule has 0 aromatic carbocycles. The second-order valence-electron chi connectivity index (χ2n) is 3.12. The average Bonchev–Trinajstić information content (AvgIpc) is 2.72. The van der Waals surface area contributed by atoms with Gasteiger partial charge in [0.05, 0.1) is 0 Å². The van der Waals surface area contributed by atoms with Gasteiger partial charge in [0.15, 0.2) is 11.5 Å². The van der Waals surface area contributed by atoms with Gasteiger partial charge in [0.2, 0.25) is 0 Å². The third-order valence-corrected chi connectivity index (χ3v) is 2.96. The maximum absolute atomic E-state index is 11.4. The predicted octanol–water partition coefficient (Wildman–Crippen LogP) is 1.30. The number of carboxylic acid groups (broad SMARTS) is 1. The Balaban J connectivity index is 2.58. The molecule has 5 nitrogen and oxygen atoms in total.